The highest BCUT2D eigenvalue weighted by Crippen LogP contribution is 2.17. The van der Waals surface area contributed by atoms with E-state index in [1.54, 1.807) is 48.5 Å². The van der Waals surface area contributed by atoms with Gasteiger partial charge in [0, 0.05) is 10.7 Å². The van der Waals surface area contributed by atoms with Crippen molar-refractivity contribution in [2.75, 3.05) is 11.3 Å². The summed E-state index contributed by atoms with van der Waals surface area (Å²) in [4.78, 5) is 0. The van der Waals surface area contributed by atoms with E-state index in [9.17, 15) is 8.42 Å². The molecule has 0 aromatic heterocycles. The number of ether oxygens (including phenoxy) is 1. The molecular formula is C16H16ClNO3S. The maximum Gasteiger partial charge on any atom is 0.255 e. The van der Waals surface area contributed by atoms with Gasteiger partial charge in [-0.05, 0) is 55.0 Å². The van der Waals surface area contributed by atoms with E-state index in [0.29, 0.717) is 23.1 Å². The Morgan fingerprint density at radius 3 is 2.32 bits per heavy atom. The summed E-state index contributed by atoms with van der Waals surface area (Å²) in [6, 6.07) is 13.6. The van der Waals surface area contributed by atoms with Crippen molar-refractivity contribution in [2.45, 2.75) is 6.92 Å². The number of sulfonamides is 1. The summed E-state index contributed by atoms with van der Waals surface area (Å²) >= 11 is 5.78. The quantitative estimate of drug-likeness (QED) is 0.861. The third-order valence-electron chi connectivity index (χ3n) is 2.74. The van der Waals surface area contributed by atoms with E-state index in [2.05, 4.69) is 4.72 Å². The Kier molecular flexibility index (Phi) is 5.46. The van der Waals surface area contributed by atoms with E-state index in [1.165, 1.54) is 6.08 Å². The maximum absolute atomic E-state index is 12.0. The molecule has 0 atom stereocenters. The molecule has 2 aromatic carbocycles. The molecule has 4 nitrogen and oxygen atoms in total. The zero-order chi connectivity index (χ0) is 16.0. The molecule has 22 heavy (non-hydrogen) atoms. The smallest absolute Gasteiger partial charge is 0.255 e. The minimum atomic E-state index is -3.57. The molecule has 0 aliphatic heterocycles. The molecule has 2 aromatic rings. The molecule has 0 aliphatic rings. The van der Waals surface area contributed by atoms with E-state index in [0.717, 1.165) is 11.0 Å². The van der Waals surface area contributed by atoms with Crippen molar-refractivity contribution in [3.8, 4) is 5.75 Å². The predicted octanol–water partition coefficient (Wildman–Crippen LogP) is 4.15. The molecule has 0 radical (unpaired) electrons. The van der Waals surface area contributed by atoms with Gasteiger partial charge in [-0.25, -0.2) is 8.42 Å². The lowest BCUT2D eigenvalue weighted by molar-refractivity contribution is 0.340. The van der Waals surface area contributed by atoms with E-state index in [4.69, 9.17) is 16.3 Å². The van der Waals surface area contributed by atoms with Gasteiger partial charge in [0.25, 0.3) is 10.0 Å². The molecule has 6 heteroatoms. The minimum absolute atomic E-state index is 0.476. The van der Waals surface area contributed by atoms with Crippen LogP contribution in [-0.4, -0.2) is 15.0 Å². The number of rotatable bonds is 6. The van der Waals surface area contributed by atoms with Crippen molar-refractivity contribution in [2.24, 2.45) is 0 Å². The Morgan fingerprint density at radius 2 is 1.73 bits per heavy atom. The van der Waals surface area contributed by atoms with Gasteiger partial charge in [-0.1, -0.05) is 23.7 Å². The number of benzene rings is 2. The van der Waals surface area contributed by atoms with Gasteiger partial charge >= 0.3 is 0 Å². The van der Waals surface area contributed by atoms with Crippen molar-refractivity contribution < 1.29 is 13.2 Å². The lowest BCUT2D eigenvalue weighted by atomic mass is 10.2. The fraction of sp³-hybridized carbons (Fsp3) is 0.125. The third kappa shape index (κ3) is 5.09. The van der Waals surface area contributed by atoms with Crippen LogP contribution in [-0.2, 0) is 10.0 Å². The van der Waals surface area contributed by atoms with Crippen LogP contribution in [0, 0.1) is 0 Å². The summed E-state index contributed by atoms with van der Waals surface area (Å²) < 4.78 is 31.8. The monoisotopic (exact) mass is 337 g/mol. The Labute approximate surface area is 135 Å². The molecule has 0 spiro atoms. The van der Waals surface area contributed by atoms with Gasteiger partial charge in [-0.15, -0.1) is 0 Å². The van der Waals surface area contributed by atoms with E-state index < -0.39 is 10.0 Å². The molecule has 0 heterocycles. The topological polar surface area (TPSA) is 55.4 Å². The van der Waals surface area contributed by atoms with Gasteiger partial charge in [0.15, 0.2) is 0 Å². The van der Waals surface area contributed by atoms with Crippen molar-refractivity contribution in [1.82, 2.24) is 0 Å². The average molecular weight is 338 g/mol. The summed E-state index contributed by atoms with van der Waals surface area (Å²) in [5.74, 6) is 0.696. The van der Waals surface area contributed by atoms with Gasteiger partial charge in [-0.2, -0.15) is 0 Å². The Morgan fingerprint density at radius 1 is 1.09 bits per heavy atom. The molecule has 0 saturated carbocycles. The van der Waals surface area contributed by atoms with Crippen LogP contribution < -0.4 is 9.46 Å². The zero-order valence-corrected chi connectivity index (χ0v) is 13.6. The predicted molar refractivity (Wildman–Crippen MR) is 90.6 cm³/mol. The van der Waals surface area contributed by atoms with Gasteiger partial charge in [0.1, 0.15) is 5.75 Å². The first-order valence-corrected chi connectivity index (χ1v) is 8.60. The Hall–Kier alpha value is -1.98. The van der Waals surface area contributed by atoms with Gasteiger partial charge in [0.05, 0.1) is 12.0 Å². The van der Waals surface area contributed by atoms with Crippen molar-refractivity contribution in [1.29, 1.82) is 0 Å². The highest BCUT2D eigenvalue weighted by molar-refractivity contribution is 7.95. The molecule has 0 unspecified atom stereocenters. The maximum atomic E-state index is 12.0. The fourth-order valence-corrected chi connectivity index (χ4v) is 2.72. The van der Waals surface area contributed by atoms with E-state index in [1.807, 2.05) is 6.92 Å². The number of hydrogen-bond acceptors (Lipinski definition) is 3. The Bertz CT molecular complexity index is 738. The first-order valence-electron chi connectivity index (χ1n) is 6.68. The molecule has 0 fully saturated rings. The van der Waals surface area contributed by atoms with Crippen LogP contribution in [0.25, 0.3) is 6.08 Å². The molecule has 0 aliphatic carbocycles. The summed E-state index contributed by atoms with van der Waals surface area (Å²) in [5.41, 5.74) is 1.23. The van der Waals surface area contributed by atoms with Crippen LogP contribution >= 0.6 is 11.6 Å². The Balaban J connectivity index is 2.05. The third-order valence-corrected chi connectivity index (χ3v) is 4.00. The summed E-state index contributed by atoms with van der Waals surface area (Å²) in [6.07, 6.45) is 1.51. The first kappa shape index (κ1) is 16.4. The van der Waals surface area contributed by atoms with Crippen LogP contribution in [0.4, 0.5) is 5.69 Å². The molecule has 0 saturated heterocycles. The number of hydrogen-bond donors (Lipinski definition) is 1. The van der Waals surface area contributed by atoms with Crippen molar-refractivity contribution in [3.05, 3.63) is 64.5 Å². The minimum Gasteiger partial charge on any atom is -0.494 e. The number of halogens is 1. The molecule has 0 bridgehead atoms. The van der Waals surface area contributed by atoms with Crippen LogP contribution in [0.15, 0.2) is 53.9 Å². The second-order valence-electron chi connectivity index (χ2n) is 4.46. The number of nitrogens with one attached hydrogen (secondary N) is 1. The standard InChI is InChI=1S/C16H16ClNO3S/c1-2-21-16-9-7-15(8-10-16)18-22(19,20)12-11-13-3-5-14(17)6-4-13/h3-12,18H,2H2,1H3/b12-11+. The van der Waals surface area contributed by atoms with Gasteiger partial charge < -0.3 is 4.74 Å². The van der Waals surface area contributed by atoms with Crippen LogP contribution in [0.5, 0.6) is 5.75 Å². The normalized spacial score (nSPS) is 11.5. The molecule has 0 amide bonds. The molecule has 1 N–H and O–H groups in total. The second kappa shape index (κ2) is 7.33. The number of anilines is 1. The summed E-state index contributed by atoms with van der Waals surface area (Å²) in [6.45, 7) is 2.45. The van der Waals surface area contributed by atoms with Crippen molar-refractivity contribution >= 4 is 33.4 Å². The lowest BCUT2D eigenvalue weighted by Crippen LogP contribution is -2.08. The largest absolute Gasteiger partial charge is 0.494 e. The van der Waals surface area contributed by atoms with Crippen LogP contribution in [0.2, 0.25) is 5.02 Å². The molecule has 116 valence electrons. The second-order valence-corrected chi connectivity index (χ2v) is 6.46. The van der Waals surface area contributed by atoms with Gasteiger partial charge in [0.2, 0.25) is 0 Å². The zero-order valence-electron chi connectivity index (χ0n) is 12.0. The summed E-state index contributed by atoms with van der Waals surface area (Å²) in [5, 5.41) is 1.72. The van der Waals surface area contributed by atoms with Crippen LogP contribution in [0.3, 0.4) is 0 Å². The molecule has 2 rings (SSSR count). The lowest BCUT2D eigenvalue weighted by Gasteiger charge is -2.06. The highest BCUT2D eigenvalue weighted by Gasteiger charge is 2.05. The molecular weight excluding hydrogens is 322 g/mol. The SMILES string of the molecule is CCOc1ccc(NS(=O)(=O)/C=C/c2ccc(Cl)cc2)cc1. The van der Waals surface area contributed by atoms with Crippen molar-refractivity contribution in [3.63, 3.8) is 0 Å². The first-order chi connectivity index (χ1) is 10.5. The van der Waals surface area contributed by atoms with E-state index >= 15 is 0 Å². The van der Waals surface area contributed by atoms with Gasteiger partial charge in [-0.3, -0.25) is 4.72 Å². The highest BCUT2D eigenvalue weighted by atomic mass is 35.5. The fourth-order valence-electron chi connectivity index (χ4n) is 1.73. The average Bonchev–Trinajstić information content (AvgIpc) is 2.49. The summed E-state index contributed by atoms with van der Waals surface area (Å²) in [7, 11) is -3.57. The van der Waals surface area contributed by atoms with E-state index in [-0.39, 0.29) is 0 Å². The van der Waals surface area contributed by atoms with Crippen LogP contribution in [0.1, 0.15) is 12.5 Å².